The summed E-state index contributed by atoms with van der Waals surface area (Å²) in [5, 5.41) is 14.2. The number of nitrogens with two attached hydrogens (primary N) is 6. The third kappa shape index (κ3) is 14.6. The minimum atomic E-state index is -4.45. The number of halogens is 5. The van der Waals surface area contributed by atoms with Crippen LogP contribution >= 0.6 is 11.6 Å². The van der Waals surface area contributed by atoms with E-state index in [2.05, 4.69) is 45.6 Å². The quantitative estimate of drug-likeness (QED) is 0.0267. The van der Waals surface area contributed by atoms with Gasteiger partial charge in [-0.05, 0) is 167 Å². The van der Waals surface area contributed by atoms with E-state index in [1.807, 2.05) is 13.8 Å². The minimum absolute atomic E-state index is 0.0161. The van der Waals surface area contributed by atoms with Gasteiger partial charge >= 0.3 is 6.18 Å². The molecule has 3 aromatic heterocycles. The van der Waals surface area contributed by atoms with Crippen LogP contribution in [-0.2, 0) is 14.4 Å². The van der Waals surface area contributed by atoms with E-state index in [9.17, 15) is 46.3 Å². The Labute approximate surface area is 568 Å². The Balaban J connectivity index is 0.000000159. The number of amides is 6. The molecule has 3 aliphatic carbocycles. The molecule has 0 bridgehead atoms. The molecular weight excluding hydrogens is 1290 g/mol. The highest BCUT2D eigenvalue weighted by molar-refractivity contribution is 6.32. The standard InChI is InChI=1S/C23H26ClN5O3.C23H24F3N5O3.C23H28FN5O3/c1-3-5-18(30)28-12-23(13-28)10-15(11-23)29-21(25)19(22(26)31)20(27-29)14-6-7-17(16(24)9-14)32-8-4-2;1-2-3-17(32)30-9-8-22(12-30)10-15(11-22)31-20(27)18(21(28)33)19(29-31)14-4-6-16(7-5-14)34-13-23(24,25)26;1-3-9-32-17-6-5-14(10-16(17)24)20-19(22(26)31)21(25)29(27-20)15-11-23(12-15)7-8-28(13-23)18(30)4-2/h6-7,9,15H,4,8,10-13,25H2,1-2H3,(H2,26,31);4-7,15H,8-13,27H2,1H3,(H2,28,33);4-6,10,15H,2-3,7-9,11-13,25H2,1H3,(H2,26,31). The average molecular weight is 1370 g/mol. The van der Waals surface area contributed by atoms with Crippen molar-refractivity contribution >= 4 is 64.5 Å². The number of carbonyl (C=O) groups is 6. The topological polar surface area (TPSA) is 349 Å². The fraction of sp³-hybridized carbons (Fsp3) is 0.435. The summed E-state index contributed by atoms with van der Waals surface area (Å²) in [7, 11) is 0. The van der Waals surface area contributed by atoms with E-state index in [0.29, 0.717) is 85.6 Å². The number of nitrogen functional groups attached to an aromatic ring is 3. The summed E-state index contributed by atoms with van der Waals surface area (Å²) in [6, 6.07) is 15.4. The number of ether oxygens (including phenoxy) is 3. The van der Waals surface area contributed by atoms with Crippen molar-refractivity contribution in [3.63, 3.8) is 0 Å². The van der Waals surface area contributed by atoms with Gasteiger partial charge in [-0.2, -0.15) is 28.5 Å². The Bertz CT molecular complexity index is 4230. The lowest BCUT2D eigenvalue weighted by Gasteiger charge is -2.58. The van der Waals surface area contributed by atoms with E-state index < -0.39 is 36.3 Å². The first-order valence-electron chi connectivity index (χ1n) is 32.1. The van der Waals surface area contributed by atoms with Crippen molar-refractivity contribution in [1.29, 1.82) is 0 Å². The second kappa shape index (κ2) is 28.5. The number of primary amides is 3. The van der Waals surface area contributed by atoms with Crippen LogP contribution in [0, 0.1) is 45.7 Å². The second-order valence-corrected chi connectivity index (χ2v) is 26.4. The summed E-state index contributed by atoms with van der Waals surface area (Å²) in [6.45, 7) is 14.4. The zero-order valence-electron chi connectivity index (χ0n) is 54.8. The Morgan fingerprint density at radius 3 is 1.42 bits per heavy atom. The van der Waals surface area contributed by atoms with Gasteiger partial charge < -0.3 is 63.3 Å². The zero-order chi connectivity index (χ0) is 70.8. The largest absolute Gasteiger partial charge is 0.492 e. The van der Waals surface area contributed by atoms with Gasteiger partial charge in [0.1, 0.15) is 62.7 Å². The highest BCUT2D eigenvalue weighted by Crippen LogP contribution is 2.57. The molecule has 0 atom stereocenters. The van der Waals surface area contributed by atoms with E-state index in [4.69, 9.17) is 60.2 Å². The van der Waals surface area contributed by atoms with Crippen molar-refractivity contribution in [2.45, 2.75) is 116 Å². The van der Waals surface area contributed by atoms with Crippen LogP contribution in [0.1, 0.15) is 141 Å². The second-order valence-electron chi connectivity index (χ2n) is 26.0. The molecule has 3 saturated carbocycles. The van der Waals surface area contributed by atoms with Crippen LogP contribution in [0.5, 0.6) is 17.2 Å². The molecule has 12 N–H and O–H groups in total. The number of hydrogen-bond donors (Lipinski definition) is 6. The number of nitrogens with zero attached hydrogens (tertiary/aromatic N) is 9. The van der Waals surface area contributed by atoms with E-state index in [1.165, 1.54) is 42.5 Å². The number of anilines is 3. The molecule has 3 aromatic carbocycles. The Morgan fingerprint density at radius 1 is 0.592 bits per heavy atom. The molecule has 6 amide bonds. The highest BCUT2D eigenvalue weighted by Gasteiger charge is 2.56. The van der Waals surface area contributed by atoms with Gasteiger partial charge in [0.05, 0.1) is 36.4 Å². The van der Waals surface area contributed by atoms with Crippen molar-refractivity contribution in [3.05, 3.63) is 101 Å². The predicted molar refractivity (Wildman–Crippen MR) is 358 cm³/mol. The number of benzene rings is 3. The SMILES string of the molecule is C=CC(=O)N1CCC2(CC(n3nc(-c4ccc(OCCC)c(F)c4)c(C(N)=O)c3N)C2)C1.CC#CC(=O)N1CC2(CC(n3nc(-c4ccc(OCCC)c(Cl)c4)c(C(N)=O)c3N)C2)C1.CC#CC(=O)N1CCC2(CC(n3nc(-c4ccc(OCC(F)(F)F)cc4)c(C(N)=O)c3N)C2)C1. The minimum Gasteiger partial charge on any atom is -0.492 e. The molecule has 24 nitrogen and oxygen atoms in total. The van der Waals surface area contributed by atoms with Crippen LogP contribution in [0.25, 0.3) is 33.8 Å². The van der Waals surface area contributed by atoms with Crippen LogP contribution in [0.3, 0.4) is 0 Å². The van der Waals surface area contributed by atoms with Gasteiger partial charge in [0.2, 0.25) is 5.91 Å². The number of rotatable bonds is 18. The zero-order valence-corrected chi connectivity index (χ0v) is 55.5. The first-order chi connectivity index (χ1) is 46.6. The first kappa shape index (κ1) is 70.6. The molecule has 0 radical (unpaired) electrons. The molecule has 6 fully saturated rings. The summed E-state index contributed by atoms with van der Waals surface area (Å²) in [5.41, 5.74) is 38.5. The number of hydrogen-bond acceptors (Lipinski definition) is 15. The van der Waals surface area contributed by atoms with E-state index in [0.717, 1.165) is 64.2 Å². The van der Waals surface area contributed by atoms with E-state index >= 15 is 0 Å². The molecule has 3 saturated heterocycles. The monoisotopic (exact) mass is 1370 g/mol. The van der Waals surface area contributed by atoms with Crippen molar-refractivity contribution in [2.24, 2.45) is 33.4 Å². The van der Waals surface area contributed by atoms with Gasteiger partial charge in [-0.3, -0.25) is 28.8 Å². The smallest absolute Gasteiger partial charge is 0.422 e. The Morgan fingerprint density at radius 2 is 0.990 bits per heavy atom. The van der Waals surface area contributed by atoms with Gasteiger partial charge in [-0.25, -0.2) is 18.4 Å². The van der Waals surface area contributed by atoms with E-state index in [-0.39, 0.29) is 109 Å². The molecule has 6 heterocycles. The van der Waals surface area contributed by atoms with Crippen LogP contribution in [0.2, 0.25) is 5.02 Å². The molecule has 3 spiro atoms. The fourth-order valence-electron chi connectivity index (χ4n) is 14.2. The maximum absolute atomic E-state index is 14.5. The molecular formula is C69H78ClF4N15O9. The number of likely N-dealkylation sites (tertiary alicyclic amines) is 3. The molecule has 12 rings (SSSR count). The first-order valence-corrected chi connectivity index (χ1v) is 32.5. The molecule has 29 heteroatoms. The Kier molecular flexibility index (Phi) is 20.5. The van der Waals surface area contributed by atoms with Gasteiger partial charge in [0.25, 0.3) is 29.5 Å². The summed E-state index contributed by atoms with van der Waals surface area (Å²) >= 11 is 6.37. The molecule has 3 aliphatic heterocycles. The molecule has 0 unspecified atom stereocenters. The maximum atomic E-state index is 14.5. The normalized spacial score (nSPS) is 17.1. The molecule has 6 aromatic rings. The Hall–Kier alpha value is -10.2. The lowest BCUT2D eigenvalue weighted by atomic mass is 9.60. The number of aromatic nitrogens is 6. The van der Waals surface area contributed by atoms with Crippen LogP contribution in [0.4, 0.5) is 35.0 Å². The van der Waals surface area contributed by atoms with Crippen molar-refractivity contribution in [3.8, 4) is 74.7 Å². The van der Waals surface area contributed by atoms with Crippen LogP contribution < -0.4 is 48.6 Å². The van der Waals surface area contributed by atoms with E-state index in [1.54, 1.807) is 66.9 Å². The summed E-state index contributed by atoms with van der Waals surface area (Å²) in [4.78, 5) is 77.7. The fourth-order valence-corrected chi connectivity index (χ4v) is 14.5. The van der Waals surface area contributed by atoms with Crippen LogP contribution in [0.15, 0.2) is 73.3 Å². The maximum Gasteiger partial charge on any atom is 0.422 e. The number of alkyl halides is 3. The summed E-state index contributed by atoms with van der Waals surface area (Å²) < 4.78 is 72.2. The molecule has 6 aliphatic rings. The third-order valence-electron chi connectivity index (χ3n) is 18.9. The van der Waals surface area contributed by atoms with Crippen molar-refractivity contribution in [1.82, 2.24) is 44.0 Å². The predicted octanol–water partition coefficient (Wildman–Crippen LogP) is 8.51. The van der Waals surface area contributed by atoms with Gasteiger partial charge in [-0.1, -0.05) is 43.9 Å². The lowest BCUT2D eigenvalue weighted by Crippen LogP contribution is -2.63. The number of carbonyl (C=O) groups excluding carboxylic acids is 6. The van der Waals surface area contributed by atoms with Gasteiger partial charge in [-0.15, -0.1) is 0 Å². The van der Waals surface area contributed by atoms with Gasteiger partial charge in [0, 0.05) is 61.4 Å². The summed E-state index contributed by atoms with van der Waals surface area (Å²) in [5.74, 6) is 8.71. The van der Waals surface area contributed by atoms with Gasteiger partial charge in [0.15, 0.2) is 18.2 Å². The molecule has 98 heavy (non-hydrogen) atoms. The third-order valence-corrected chi connectivity index (χ3v) is 19.2. The van der Waals surface area contributed by atoms with Crippen molar-refractivity contribution in [2.75, 3.05) is 76.3 Å². The lowest BCUT2D eigenvalue weighted by molar-refractivity contribution is -0.153. The molecule has 518 valence electrons. The summed E-state index contributed by atoms with van der Waals surface area (Å²) in [6.07, 6.45) is 4.99. The highest BCUT2D eigenvalue weighted by atomic mass is 35.5. The van der Waals surface area contributed by atoms with Crippen LogP contribution in [-0.4, -0.2) is 145 Å². The van der Waals surface area contributed by atoms with Crippen molar-refractivity contribution < 1.29 is 60.5 Å². The average Bonchev–Trinajstić information content (AvgIpc) is 1.24.